The molecule has 0 saturated carbocycles. The molecule has 5 heteroatoms. The molecule has 1 fully saturated rings. The Morgan fingerprint density at radius 3 is 2.40 bits per heavy atom. The van der Waals surface area contributed by atoms with E-state index in [-0.39, 0.29) is 11.3 Å². The smallest absolute Gasteiger partial charge is 0.255 e. The maximum atomic E-state index is 12.4. The van der Waals surface area contributed by atoms with Gasteiger partial charge in [-0.15, -0.1) is 0 Å². The fourth-order valence-electron chi connectivity index (χ4n) is 3.19. The molecule has 2 aromatic rings. The summed E-state index contributed by atoms with van der Waals surface area (Å²) in [6.45, 7) is 8.68. The van der Waals surface area contributed by atoms with E-state index < -0.39 is 0 Å². The fourth-order valence-corrected chi connectivity index (χ4v) is 3.19. The highest BCUT2D eigenvalue weighted by Gasteiger charge is 2.19. The van der Waals surface area contributed by atoms with Crippen molar-refractivity contribution < 1.29 is 4.79 Å². The largest absolute Gasteiger partial charge is 0.319 e. The zero-order valence-corrected chi connectivity index (χ0v) is 15.6. The number of anilines is 1. The summed E-state index contributed by atoms with van der Waals surface area (Å²) in [7, 11) is 2.15. The zero-order chi connectivity index (χ0) is 18.0. The Morgan fingerprint density at radius 1 is 1.16 bits per heavy atom. The molecule has 0 atom stereocenters. The highest BCUT2D eigenvalue weighted by molar-refractivity contribution is 6.04. The molecule has 0 radical (unpaired) electrons. The molecule has 1 saturated heterocycles. The van der Waals surface area contributed by atoms with Gasteiger partial charge in [0.15, 0.2) is 0 Å². The van der Waals surface area contributed by atoms with E-state index in [0.717, 1.165) is 31.6 Å². The van der Waals surface area contributed by atoms with Gasteiger partial charge in [0, 0.05) is 11.8 Å². The number of hydrogen-bond donors (Lipinski definition) is 1. The van der Waals surface area contributed by atoms with Gasteiger partial charge in [0.2, 0.25) is 0 Å². The van der Waals surface area contributed by atoms with Crippen LogP contribution >= 0.6 is 0 Å². The molecule has 0 aliphatic carbocycles. The van der Waals surface area contributed by atoms with E-state index in [1.807, 2.05) is 35.1 Å². The summed E-state index contributed by atoms with van der Waals surface area (Å²) in [6.07, 6.45) is 5.87. The third-order valence-electron chi connectivity index (χ3n) is 4.93. The zero-order valence-electron chi connectivity index (χ0n) is 15.6. The number of aromatic nitrogens is 2. The number of nitrogens with one attached hydrogen (secondary N) is 1. The first-order valence-corrected chi connectivity index (χ1v) is 8.97. The number of benzene rings is 1. The van der Waals surface area contributed by atoms with Gasteiger partial charge in [0.05, 0.1) is 17.9 Å². The second-order valence-electron chi connectivity index (χ2n) is 8.02. The highest BCUT2D eigenvalue weighted by Crippen LogP contribution is 2.24. The third kappa shape index (κ3) is 4.28. The fraction of sp³-hybridized carbons (Fsp3) is 0.500. The Bertz CT molecular complexity index is 719. The summed E-state index contributed by atoms with van der Waals surface area (Å²) in [4.78, 5) is 14.8. The van der Waals surface area contributed by atoms with Crippen LogP contribution in [0.1, 0.15) is 55.6 Å². The van der Waals surface area contributed by atoms with E-state index in [2.05, 4.69) is 43.1 Å². The predicted molar refractivity (Wildman–Crippen MR) is 101 cm³/mol. The van der Waals surface area contributed by atoms with Crippen molar-refractivity contribution in [3.63, 3.8) is 0 Å². The molecule has 1 aliphatic rings. The van der Waals surface area contributed by atoms with Crippen molar-refractivity contribution in [3.05, 3.63) is 47.8 Å². The van der Waals surface area contributed by atoms with E-state index >= 15 is 0 Å². The van der Waals surface area contributed by atoms with Crippen molar-refractivity contribution in [1.82, 2.24) is 14.7 Å². The number of rotatable bonds is 3. The minimum Gasteiger partial charge on any atom is -0.319 e. The van der Waals surface area contributed by atoms with Crippen LogP contribution in [0.4, 0.5) is 5.69 Å². The molecule has 134 valence electrons. The Kier molecular flexibility index (Phi) is 4.95. The summed E-state index contributed by atoms with van der Waals surface area (Å²) in [5.74, 6) is -0.0941. The lowest BCUT2D eigenvalue weighted by atomic mass is 9.87. The van der Waals surface area contributed by atoms with Crippen LogP contribution in [0.2, 0.25) is 0 Å². The van der Waals surface area contributed by atoms with Crippen LogP contribution in [0, 0.1) is 0 Å². The standard InChI is InChI=1S/C20H28N4O/c1-20(2,3)16-7-5-15(6-8-16)19(25)22-17-13-21-24(14-17)18-9-11-23(4)12-10-18/h5-8,13-14,18H,9-12H2,1-4H3,(H,22,25). The normalized spacial score (nSPS) is 16.8. The number of carbonyl (C=O) groups excluding carboxylic acids is 1. The molecule has 2 heterocycles. The van der Waals surface area contributed by atoms with Crippen LogP contribution in [0.15, 0.2) is 36.7 Å². The average molecular weight is 340 g/mol. The number of likely N-dealkylation sites (tertiary alicyclic amines) is 1. The van der Waals surface area contributed by atoms with Crippen molar-refractivity contribution in [2.24, 2.45) is 0 Å². The molecular weight excluding hydrogens is 312 g/mol. The molecule has 25 heavy (non-hydrogen) atoms. The minimum atomic E-state index is -0.0941. The van der Waals surface area contributed by atoms with Gasteiger partial charge in [-0.1, -0.05) is 32.9 Å². The van der Waals surface area contributed by atoms with E-state index in [1.54, 1.807) is 6.20 Å². The molecule has 1 amide bonds. The third-order valence-corrected chi connectivity index (χ3v) is 4.93. The van der Waals surface area contributed by atoms with Gasteiger partial charge in [-0.05, 0) is 56.1 Å². The number of carbonyl (C=O) groups is 1. The molecule has 3 rings (SSSR count). The van der Waals surface area contributed by atoms with E-state index in [9.17, 15) is 4.79 Å². The molecule has 5 nitrogen and oxygen atoms in total. The van der Waals surface area contributed by atoms with Crippen LogP contribution in [0.3, 0.4) is 0 Å². The Hall–Kier alpha value is -2.14. The van der Waals surface area contributed by atoms with Gasteiger partial charge in [0.25, 0.3) is 5.91 Å². The number of hydrogen-bond acceptors (Lipinski definition) is 3. The van der Waals surface area contributed by atoms with Crippen molar-refractivity contribution >= 4 is 11.6 Å². The monoisotopic (exact) mass is 340 g/mol. The van der Waals surface area contributed by atoms with Gasteiger partial charge in [-0.25, -0.2) is 0 Å². The van der Waals surface area contributed by atoms with Crippen molar-refractivity contribution in [2.45, 2.75) is 45.1 Å². The van der Waals surface area contributed by atoms with Crippen LogP contribution < -0.4 is 5.32 Å². The van der Waals surface area contributed by atoms with Gasteiger partial charge in [-0.2, -0.15) is 5.10 Å². The lowest BCUT2D eigenvalue weighted by Gasteiger charge is -2.28. The van der Waals surface area contributed by atoms with E-state index in [0.29, 0.717) is 11.6 Å². The number of nitrogens with zero attached hydrogens (tertiary/aromatic N) is 3. The lowest BCUT2D eigenvalue weighted by Crippen LogP contribution is -2.31. The summed E-state index contributed by atoms with van der Waals surface area (Å²) in [5.41, 5.74) is 2.73. The maximum absolute atomic E-state index is 12.4. The van der Waals surface area contributed by atoms with Crippen LogP contribution in [0.25, 0.3) is 0 Å². The summed E-state index contributed by atoms with van der Waals surface area (Å²) >= 11 is 0. The van der Waals surface area contributed by atoms with Crippen molar-refractivity contribution in [1.29, 1.82) is 0 Å². The van der Waals surface area contributed by atoms with Gasteiger partial charge in [0.1, 0.15) is 0 Å². The molecule has 1 N–H and O–H groups in total. The van der Waals surface area contributed by atoms with Crippen molar-refractivity contribution in [3.8, 4) is 0 Å². The number of amides is 1. The first-order valence-electron chi connectivity index (χ1n) is 8.97. The first-order chi connectivity index (χ1) is 11.8. The second kappa shape index (κ2) is 7.00. The summed E-state index contributed by atoms with van der Waals surface area (Å²) < 4.78 is 1.99. The van der Waals surface area contributed by atoms with Gasteiger partial charge in [-0.3, -0.25) is 9.48 Å². The van der Waals surface area contributed by atoms with Crippen molar-refractivity contribution in [2.75, 3.05) is 25.5 Å². The Labute approximate surface area is 150 Å². The molecule has 0 spiro atoms. The Morgan fingerprint density at radius 2 is 1.80 bits per heavy atom. The minimum absolute atomic E-state index is 0.0875. The molecule has 0 bridgehead atoms. The summed E-state index contributed by atoms with van der Waals surface area (Å²) in [6, 6.07) is 8.25. The first kappa shape index (κ1) is 17.7. The highest BCUT2D eigenvalue weighted by atomic mass is 16.1. The number of piperidine rings is 1. The van der Waals surface area contributed by atoms with Crippen LogP contribution in [-0.2, 0) is 5.41 Å². The Balaban J connectivity index is 1.63. The van der Waals surface area contributed by atoms with E-state index in [1.165, 1.54) is 5.56 Å². The van der Waals surface area contributed by atoms with Gasteiger partial charge >= 0.3 is 0 Å². The molecule has 1 aliphatic heterocycles. The quantitative estimate of drug-likeness (QED) is 0.927. The molecule has 0 unspecified atom stereocenters. The second-order valence-corrected chi connectivity index (χ2v) is 8.02. The maximum Gasteiger partial charge on any atom is 0.255 e. The van der Waals surface area contributed by atoms with Gasteiger partial charge < -0.3 is 10.2 Å². The average Bonchev–Trinajstić information content (AvgIpc) is 3.03. The van der Waals surface area contributed by atoms with Crippen LogP contribution in [-0.4, -0.2) is 40.7 Å². The molecular formula is C20H28N4O. The van der Waals surface area contributed by atoms with Crippen LogP contribution in [0.5, 0.6) is 0 Å². The molecule has 1 aromatic heterocycles. The topological polar surface area (TPSA) is 50.2 Å². The molecule has 1 aromatic carbocycles. The van der Waals surface area contributed by atoms with E-state index in [4.69, 9.17) is 0 Å². The SMILES string of the molecule is CN1CCC(n2cc(NC(=O)c3ccc(C(C)(C)C)cc3)cn2)CC1. The lowest BCUT2D eigenvalue weighted by molar-refractivity contribution is 0.102. The summed E-state index contributed by atoms with van der Waals surface area (Å²) in [5, 5.41) is 7.39. The predicted octanol–water partition coefficient (Wildman–Crippen LogP) is 3.70.